The van der Waals surface area contributed by atoms with Crippen molar-refractivity contribution in [1.29, 1.82) is 0 Å². The van der Waals surface area contributed by atoms with Crippen LogP contribution in [0.2, 0.25) is 25.2 Å². The summed E-state index contributed by atoms with van der Waals surface area (Å²) in [5.74, 6) is 0.143. The molecule has 0 N–H and O–H groups in total. The normalized spacial score (nSPS) is 26.7. The molecule has 2 rings (SSSR count). The molecule has 2 atom stereocenters. The zero-order valence-corrected chi connectivity index (χ0v) is 13.6. The van der Waals surface area contributed by atoms with E-state index in [1.165, 1.54) is 0 Å². The monoisotopic (exact) mass is 292 g/mol. The second-order valence-electron chi connectivity index (χ2n) is 6.36. The van der Waals surface area contributed by atoms with Crippen LogP contribution >= 0.6 is 11.6 Å². The Labute approximate surface area is 121 Å². The minimum absolute atomic E-state index is 0.143. The third kappa shape index (κ3) is 3.37. The number of carbonyl (C=O) groups excluding carboxylic acids is 1. The summed E-state index contributed by atoms with van der Waals surface area (Å²) in [5.41, 5.74) is 2.37. The number of hydrogen-bond acceptors (Lipinski definition) is 1. The van der Waals surface area contributed by atoms with Gasteiger partial charge in [-0.3, -0.25) is 4.79 Å². The van der Waals surface area contributed by atoms with Gasteiger partial charge >= 0.3 is 0 Å². The van der Waals surface area contributed by atoms with E-state index in [1.807, 2.05) is 36.4 Å². The molecule has 2 unspecified atom stereocenters. The van der Waals surface area contributed by atoms with Crippen LogP contribution in [-0.2, 0) is 4.79 Å². The van der Waals surface area contributed by atoms with Crippen LogP contribution < -0.4 is 0 Å². The van der Waals surface area contributed by atoms with E-state index in [-0.39, 0.29) is 11.2 Å². The largest absolute Gasteiger partial charge is 0.293 e. The SMILES string of the molecule is C[Si](C)(C)C1CCC(=Cc2ccccc2)C(=O)C1Cl. The molecule has 0 spiro atoms. The zero-order chi connectivity index (χ0) is 14.0. The number of ketones is 1. The summed E-state index contributed by atoms with van der Waals surface area (Å²) in [6.45, 7) is 6.89. The first-order valence-corrected chi connectivity index (χ1v) is 10.8. The molecule has 0 saturated heterocycles. The van der Waals surface area contributed by atoms with Gasteiger partial charge in [0.1, 0.15) is 0 Å². The summed E-state index contributed by atoms with van der Waals surface area (Å²) < 4.78 is 0. The summed E-state index contributed by atoms with van der Waals surface area (Å²) in [6, 6.07) is 10.0. The third-order valence-electron chi connectivity index (χ3n) is 3.90. The predicted octanol–water partition coefficient (Wildman–Crippen LogP) is 4.75. The molecule has 1 nitrogen and oxygen atoms in total. The van der Waals surface area contributed by atoms with Crippen molar-refractivity contribution in [3.05, 3.63) is 41.5 Å². The predicted molar refractivity (Wildman–Crippen MR) is 85.4 cm³/mol. The van der Waals surface area contributed by atoms with Gasteiger partial charge < -0.3 is 0 Å². The number of alkyl halides is 1. The van der Waals surface area contributed by atoms with Gasteiger partial charge in [-0.25, -0.2) is 0 Å². The standard InChI is InChI=1S/C16H21ClOSi/c1-19(2,3)14-10-9-13(16(18)15(14)17)11-12-7-5-4-6-8-12/h4-8,11,14-15H,9-10H2,1-3H3. The molecule has 3 heteroatoms. The van der Waals surface area contributed by atoms with Crippen LogP contribution in [0.25, 0.3) is 6.08 Å². The van der Waals surface area contributed by atoms with Crippen LogP contribution in [-0.4, -0.2) is 19.2 Å². The van der Waals surface area contributed by atoms with Crippen LogP contribution in [0.4, 0.5) is 0 Å². The van der Waals surface area contributed by atoms with Gasteiger partial charge in [-0.05, 0) is 35.6 Å². The molecule has 0 aromatic heterocycles. The number of Topliss-reactive ketones (excluding diaryl/α,β-unsaturated/α-hetero) is 1. The highest BCUT2D eigenvalue weighted by molar-refractivity contribution is 6.79. The van der Waals surface area contributed by atoms with Crippen LogP contribution in [0, 0.1) is 0 Å². The van der Waals surface area contributed by atoms with Gasteiger partial charge in [0.15, 0.2) is 5.78 Å². The molecule has 19 heavy (non-hydrogen) atoms. The van der Waals surface area contributed by atoms with Crippen molar-refractivity contribution in [2.45, 2.75) is 43.4 Å². The second-order valence-corrected chi connectivity index (χ2v) is 12.3. The van der Waals surface area contributed by atoms with Gasteiger partial charge in [-0.2, -0.15) is 0 Å². The van der Waals surface area contributed by atoms with E-state index in [4.69, 9.17) is 11.6 Å². The van der Waals surface area contributed by atoms with Crippen LogP contribution in [0.1, 0.15) is 18.4 Å². The average Bonchev–Trinajstić information content (AvgIpc) is 2.35. The highest BCUT2D eigenvalue weighted by Gasteiger charge is 2.40. The van der Waals surface area contributed by atoms with E-state index in [2.05, 4.69) is 19.6 Å². The van der Waals surface area contributed by atoms with E-state index < -0.39 is 8.07 Å². The maximum atomic E-state index is 12.4. The lowest BCUT2D eigenvalue weighted by atomic mass is 9.91. The lowest BCUT2D eigenvalue weighted by molar-refractivity contribution is -0.116. The van der Waals surface area contributed by atoms with Gasteiger partial charge in [0.05, 0.1) is 5.38 Å². The lowest BCUT2D eigenvalue weighted by Gasteiger charge is -2.36. The zero-order valence-electron chi connectivity index (χ0n) is 11.8. The first-order chi connectivity index (χ1) is 8.89. The Morgan fingerprint density at radius 2 is 1.84 bits per heavy atom. The van der Waals surface area contributed by atoms with Gasteiger partial charge in [0.25, 0.3) is 0 Å². The molecule has 1 fully saturated rings. The Hall–Kier alpha value is -0.863. The molecule has 0 amide bonds. The molecule has 0 bridgehead atoms. The van der Waals surface area contributed by atoms with E-state index in [1.54, 1.807) is 0 Å². The first kappa shape index (κ1) is 14.5. The van der Waals surface area contributed by atoms with Crippen molar-refractivity contribution in [2.75, 3.05) is 0 Å². The molecule has 0 heterocycles. The molecule has 0 aliphatic heterocycles. The third-order valence-corrected chi connectivity index (χ3v) is 7.46. The number of rotatable bonds is 2. The van der Waals surface area contributed by atoms with Crippen molar-refractivity contribution in [1.82, 2.24) is 0 Å². The fourth-order valence-electron chi connectivity index (χ4n) is 2.71. The van der Waals surface area contributed by atoms with Gasteiger partial charge in [-0.15, -0.1) is 11.6 Å². The molecule has 1 aromatic carbocycles. The van der Waals surface area contributed by atoms with E-state index in [9.17, 15) is 4.79 Å². The Morgan fingerprint density at radius 3 is 2.42 bits per heavy atom. The summed E-state index contributed by atoms with van der Waals surface area (Å²) in [5, 5.41) is -0.324. The van der Waals surface area contributed by atoms with Crippen molar-refractivity contribution in [3.63, 3.8) is 0 Å². The van der Waals surface area contributed by atoms with Crippen LogP contribution in [0.15, 0.2) is 35.9 Å². The molecule has 1 aliphatic carbocycles. The molecular formula is C16H21ClOSi. The summed E-state index contributed by atoms with van der Waals surface area (Å²) in [4.78, 5) is 12.4. The van der Waals surface area contributed by atoms with Crippen molar-refractivity contribution in [3.8, 4) is 0 Å². The fourth-order valence-corrected chi connectivity index (χ4v) is 6.15. The first-order valence-electron chi connectivity index (χ1n) is 6.83. The highest BCUT2D eigenvalue weighted by atomic mass is 35.5. The topological polar surface area (TPSA) is 17.1 Å². The molecule has 1 aromatic rings. The van der Waals surface area contributed by atoms with Gasteiger partial charge in [-0.1, -0.05) is 50.0 Å². The van der Waals surface area contributed by atoms with Gasteiger partial charge in [0.2, 0.25) is 0 Å². The van der Waals surface area contributed by atoms with Crippen molar-refractivity contribution < 1.29 is 4.79 Å². The molecule has 0 radical (unpaired) electrons. The molecular weight excluding hydrogens is 272 g/mol. The second kappa shape index (κ2) is 5.64. The number of allylic oxidation sites excluding steroid dienone is 1. The number of benzene rings is 1. The molecule has 1 saturated carbocycles. The Bertz CT molecular complexity index is 487. The smallest absolute Gasteiger partial charge is 0.176 e. The van der Waals surface area contributed by atoms with E-state index in [0.29, 0.717) is 5.54 Å². The van der Waals surface area contributed by atoms with E-state index >= 15 is 0 Å². The van der Waals surface area contributed by atoms with E-state index in [0.717, 1.165) is 24.0 Å². The molecule has 1 aliphatic rings. The minimum Gasteiger partial charge on any atom is -0.293 e. The van der Waals surface area contributed by atoms with Crippen LogP contribution in [0.5, 0.6) is 0 Å². The highest BCUT2D eigenvalue weighted by Crippen LogP contribution is 2.40. The quantitative estimate of drug-likeness (QED) is 0.437. The Morgan fingerprint density at radius 1 is 1.21 bits per heavy atom. The Balaban J connectivity index is 2.21. The lowest BCUT2D eigenvalue weighted by Crippen LogP contribution is -2.41. The minimum atomic E-state index is -1.36. The average molecular weight is 293 g/mol. The summed E-state index contributed by atoms with van der Waals surface area (Å²) in [7, 11) is -1.36. The summed E-state index contributed by atoms with van der Waals surface area (Å²) in [6.07, 6.45) is 3.92. The number of halogens is 1. The van der Waals surface area contributed by atoms with Gasteiger partial charge in [0, 0.05) is 8.07 Å². The number of carbonyl (C=O) groups is 1. The Kier molecular flexibility index (Phi) is 4.31. The summed E-state index contributed by atoms with van der Waals surface area (Å²) >= 11 is 6.42. The molecule has 102 valence electrons. The fraction of sp³-hybridized carbons (Fsp3) is 0.438. The number of hydrogen-bond donors (Lipinski definition) is 0. The maximum Gasteiger partial charge on any atom is 0.176 e. The maximum absolute atomic E-state index is 12.4. The van der Waals surface area contributed by atoms with Crippen molar-refractivity contribution >= 4 is 31.5 Å². The van der Waals surface area contributed by atoms with Crippen molar-refractivity contribution in [2.24, 2.45) is 0 Å². The van der Waals surface area contributed by atoms with Crippen LogP contribution in [0.3, 0.4) is 0 Å².